The zero-order valence-corrected chi connectivity index (χ0v) is 84.7. The summed E-state index contributed by atoms with van der Waals surface area (Å²) in [7, 11) is 6.00. The molecule has 0 bridgehead atoms. The first-order valence-electron chi connectivity index (χ1n) is 46.5. The fourth-order valence-corrected chi connectivity index (χ4v) is 9.60. The summed E-state index contributed by atoms with van der Waals surface area (Å²) in [6, 6.07) is 169. The standard InChI is InChI=1S/4C12H10.3C10H8.3C6H6.8C3H8.6CH4O/c4*1-3-7-11(8-4-1)12-9-5-2-6-10-12;3*1-2-6-10-8-4-3-7-9(10)5-1;3*1-2-4-6-5-3-1;8*1-3-2;6*1-2/h4*1-10H;3*1-8H;3*1-6H;8*3H2,1-2H3;6*2H,1H3. The highest BCUT2D eigenvalue weighted by atomic mass is 16.2. The Labute approximate surface area is 804 Å². The van der Waals surface area contributed by atoms with Crippen LogP contribution in [0.1, 0.15) is 162 Å². The average molecular weight is 1780 g/mol. The van der Waals surface area contributed by atoms with Crippen LogP contribution < -0.4 is 0 Å². The minimum Gasteiger partial charge on any atom is -0.400 e. The van der Waals surface area contributed by atoms with E-state index in [0.717, 1.165) is 42.7 Å². The third-order valence-corrected chi connectivity index (χ3v) is 14.5. The number of aliphatic hydroxyl groups is 6. The molecule has 132 heavy (non-hydrogen) atoms. The number of hydrogen-bond acceptors (Lipinski definition) is 6. The first-order chi connectivity index (χ1) is 65.1. The number of fused-ring (bicyclic) bond motifs is 3. The summed E-state index contributed by atoms with van der Waals surface area (Å²) in [5, 5.41) is 49.9. The molecule has 17 rings (SSSR count). The van der Waals surface area contributed by atoms with Gasteiger partial charge in [0.25, 0.3) is 0 Å². The van der Waals surface area contributed by atoms with Crippen LogP contribution in [0.2, 0.25) is 0 Å². The molecule has 6 N–H and O–H groups in total. The van der Waals surface area contributed by atoms with E-state index in [0.29, 0.717) is 0 Å². The summed E-state index contributed by atoms with van der Waals surface area (Å²) in [6.07, 6.45) is 10.0. The lowest BCUT2D eigenvalue weighted by molar-refractivity contribution is 0.399. The Morgan fingerprint density at radius 2 is 0.136 bits per heavy atom. The van der Waals surface area contributed by atoms with Crippen LogP contribution in [-0.4, -0.2) is 73.3 Å². The molecule has 0 heterocycles. The molecule has 0 spiro atoms. The fourth-order valence-electron chi connectivity index (χ4n) is 9.60. The molecular formula is C126H170O6. The lowest BCUT2D eigenvalue weighted by Gasteiger charge is -1.98. The van der Waals surface area contributed by atoms with Gasteiger partial charge in [-0.05, 0) is 76.8 Å². The molecule has 0 unspecified atom stereocenters. The van der Waals surface area contributed by atoms with Crippen molar-refractivity contribution in [3.8, 4) is 44.5 Å². The molecule has 0 aliphatic carbocycles. The second-order valence-electron chi connectivity index (χ2n) is 27.1. The van der Waals surface area contributed by atoms with Gasteiger partial charge < -0.3 is 30.6 Å². The number of benzene rings is 17. The topological polar surface area (TPSA) is 121 Å². The lowest BCUT2D eigenvalue weighted by Crippen LogP contribution is -1.73. The van der Waals surface area contributed by atoms with E-state index in [4.69, 9.17) is 30.6 Å². The fraction of sp³-hybridized carbons (Fsp3) is 0.238. The van der Waals surface area contributed by atoms with Crippen molar-refractivity contribution < 1.29 is 30.6 Å². The van der Waals surface area contributed by atoms with E-state index < -0.39 is 0 Å². The summed E-state index contributed by atoms with van der Waals surface area (Å²) in [4.78, 5) is 0. The van der Waals surface area contributed by atoms with E-state index in [9.17, 15) is 0 Å². The average Bonchev–Trinajstić information content (AvgIpc) is 0.871. The summed E-state index contributed by atoms with van der Waals surface area (Å²) in [5.41, 5.74) is 10.2. The zero-order valence-electron chi connectivity index (χ0n) is 84.7. The maximum atomic E-state index is 7.00. The number of aliphatic hydroxyl groups excluding tert-OH is 6. The molecular weight excluding hydrogens is 1610 g/mol. The van der Waals surface area contributed by atoms with Crippen molar-refractivity contribution in [2.45, 2.75) is 162 Å². The van der Waals surface area contributed by atoms with Crippen molar-refractivity contribution >= 4 is 32.3 Å². The van der Waals surface area contributed by atoms with E-state index in [1.54, 1.807) is 0 Å². The lowest BCUT2D eigenvalue weighted by atomic mass is 10.1. The highest BCUT2D eigenvalue weighted by Gasteiger charge is 1.96. The maximum Gasteiger partial charge on any atom is 0.0319 e. The third-order valence-electron chi connectivity index (χ3n) is 14.5. The Kier molecular flexibility index (Phi) is 115. The van der Waals surface area contributed by atoms with Crippen LogP contribution in [0, 0.1) is 0 Å². The van der Waals surface area contributed by atoms with Gasteiger partial charge in [0.05, 0.1) is 0 Å². The van der Waals surface area contributed by atoms with E-state index >= 15 is 0 Å². The molecule has 0 aliphatic heterocycles. The summed E-state index contributed by atoms with van der Waals surface area (Å²) in [5.74, 6) is 0. The largest absolute Gasteiger partial charge is 0.400 e. The molecule has 0 atom stereocenters. The van der Waals surface area contributed by atoms with Crippen LogP contribution in [0.4, 0.5) is 0 Å². The Morgan fingerprint density at radius 1 is 0.0909 bits per heavy atom. The molecule has 6 nitrogen and oxygen atoms in total. The van der Waals surface area contributed by atoms with Gasteiger partial charge in [-0.25, -0.2) is 0 Å². The van der Waals surface area contributed by atoms with Gasteiger partial charge in [-0.1, -0.05) is 660 Å². The zero-order chi connectivity index (χ0) is 99.7. The molecule has 0 saturated carbocycles. The summed E-state index contributed by atoms with van der Waals surface area (Å²) < 4.78 is 0. The van der Waals surface area contributed by atoms with Crippen molar-refractivity contribution in [2.24, 2.45) is 0 Å². The molecule has 0 fully saturated rings. The smallest absolute Gasteiger partial charge is 0.0319 e. The van der Waals surface area contributed by atoms with Gasteiger partial charge in [-0.2, -0.15) is 0 Å². The van der Waals surface area contributed by atoms with Crippen LogP contribution in [0.3, 0.4) is 0 Å². The van der Waals surface area contributed by atoms with Crippen molar-refractivity contribution in [1.82, 2.24) is 0 Å². The molecule has 0 amide bonds. The van der Waals surface area contributed by atoms with Crippen LogP contribution in [0.15, 0.2) is 497 Å². The monoisotopic (exact) mass is 1780 g/mol. The van der Waals surface area contributed by atoms with E-state index in [-0.39, 0.29) is 0 Å². The molecule has 0 aliphatic rings. The SMILES string of the molecule is CCC.CCC.CCC.CCC.CCC.CCC.CCC.CCC.CO.CO.CO.CO.CO.CO.c1ccc(-c2ccccc2)cc1.c1ccc(-c2ccccc2)cc1.c1ccc(-c2ccccc2)cc1.c1ccc(-c2ccccc2)cc1.c1ccc2ccccc2c1.c1ccc2ccccc2c1.c1ccc2ccccc2c1.c1ccccc1.c1ccccc1.c1ccccc1. The second-order valence-corrected chi connectivity index (χ2v) is 27.1. The van der Waals surface area contributed by atoms with E-state index in [1.807, 2.05) is 158 Å². The van der Waals surface area contributed by atoms with Crippen LogP contribution >= 0.6 is 0 Å². The van der Waals surface area contributed by atoms with Crippen LogP contribution in [-0.2, 0) is 0 Å². The van der Waals surface area contributed by atoms with Gasteiger partial charge in [-0.3, -0.25) is 0 Å². The van der Waals surface area contributed by atoms with E-state index in [1.165, 1.54) is 128 Å². The first kappa shape index (κ1) is 132. The van der Waals surface area contributed by atoms with Gasteiger partial charge in [0.15, 0.2) is 0 Å². The first-order valence-corrected chi connectivity index (χ1v) is 46.5. The van der Waals surface area contributed by atoms with Gasteiger partial charge in [0.1, 0.15) is 0 Å². The molecule has 6 heteroatoms. The van der Waals surface area contributed by atoms with Gasteiger partial charge in [0.2, 0.25) is 0 Å². The van der Waals surface area contributed by atoms with Crippen molar-refractivity contribution in [3.63, 3.8) is 0 Å². The summed E-state index contributed by atoms with van der Waals surface area (Å²) in [6.45, 7) is 34.0. The van der Waals surface area contributed by atoms with Gasteiger partial charge in [-0.15, -0.1) is 0 Å². The molecule has 17 aromatic rings. The molecule has 17 aromatic carbocycles. The van der Waals surface area contributed by atoms with Crippen molar-refractivity contribution in [3.05, 3.63) is 497 Å². The van der Waals surface area contributed by atoms with Crippen molar-refractivity contribution in [2.75, 3.05) is 42.7 Å². The van der Waals surface area contributed by atoms with E-state index in [2.05, 4.69) is 450 Å². The van der Waals surface area contributed by atoms with Crippen LogP contribution in [0.5, 0.6) is 0 Å². The summed E-state index contributed by atoms with van der Waals surface area (Å²) >= 11 is 0. The maximum absolute atomic E-state index is 7.00. The minimum atomic E-state index is 1.00. The molecule has 710 valence electrons. The van der Waals surface area contributed by atoms with Gasteiger partial charge in [0, 0.05) is 42.7 Å². The Hall–Kier alpha value is -12.7. The number of rotatable bonds is 4. The normalized spacial score (nSPS) is 8.24. The highest BCUT2D eigenvalue weighted by molar-refractivity contribution is 5.83. The second kappa shape index (κ2) is 114. The predicted octanol–water partition coefficient (Wildman–Crippen LogP) is 36.0. The number of hydrogen-bond donors (Lipinski definition) is 6. The Bertz CT molecular complexity index is 3810. The molecule has 0 aromatic heterocycles. The minimum absolute atomic E-state index is 1.00. The highest BCUT2D eigenvalue weighted by Crippen LogP contribution is 2.21. The van der Waals surface area contributed by atoms with Crippen LogP contribution in [0.25, 0.3) is 76.8 Å². The Balaban J connectivity index is -0.000000254. The third kappa shape index (κ3) is 81.7. The van der Waals surface area contributed by atoms with Crippen molar-refractivity contribution in [1.29, 1.82) is 0 Å². The molecule has 0 saturated heterocycles. The quantitative estimate of drug-likeness (QED) is 0.104. The Morgan fingerprint density at radius 3 is 0.197 bits per heavy atom. The van der Waals surface area contributed by atoms with Gasteiger partial charge >= 0.3 is 0 Å². The predicted molar refractivity (Wildman–Crippen MR) is 595 cm³/mol. The molecule has 0 radical (unpaired) electrons.